The van der Waals surface area contributed by atoms with Gasteiger partial charge in [-0.05, 0) is 77.3 Å². The summed E-state index contributed by atoms with van der Waals surface area (Å²) in [4.78, 5) is 24.6. The SMILES string of the molecule is CCOC(=O)C(c1cccc(Cl)c1)P(=O)(OCC)OCC.CCOC(=O)C(c1ccccc1C)P(=O)(OCC)OCC. The molecule has 0 saturated heterocycles. The Kier molecular flexibility index (Phi) is 17.4. The summed E-state index contributed by atoms with van der Waals surface area (Å²) in [5.41, 5.74) is -0.294. The van der Waals surface area contributed by atoms with Gasteiger partial charge in [0.25, 0.3) is 0 Å². The molecule has 0 aliphatic heterocycles. The molecule has 236 valence electrons. The van der Waals surface area contributed by atoms with Gasteiger partial charge in [0.05, 0.1) is 39.6 Å². The maximum atomic E-state index is 13.0. The van der Waals surface area contributed by atoms with Crippen molar-refractivity contribution < 1.29 is 46.3 Å². The summed E-state index contributed by atoms with van der Waals surface area (Å²) in [6.07, 6.45) is 0. The quantitative estimate of drug-likeness (QED) is 0.130. The highest BCUT2D eigenvalue weighted by molar-refractivity contribution is 7.55. The lowest BCUT2D eigenvalue weighted by atomic mass is 10.1. The van der Waals surface area contributed by atoms with E-state index in [-0.39, 0.29) is 39.6 Å². The minimum absolute atomic E-state index is 0.160. The van der Waals surface area contributed by atoms with Gasteiger partial charge in [-0.25, -0.2) is 0 Å². The summed E-state index contributed by atoms with van der Waals surface area (Å²) in [5, 5.41) is 0.432. The van der Waals surface area contributed by atoms with Crippen molar-refractivity contribution >= 4 is 38.7 Å². The van der Waals surface area contributed by atoms with Crippen molar-refractivity contribution in [3.63, 3.8) is 0 Å². The van der Waals surface area contributed by atoms with Gasteiger partial charge in [0, 0.05) is 5.02 Å². The Morgan fingerprint density at radius 1 is 0.667 bits per heavy atom. The maximum Gasteiger partial charge on any atom is 0.349 e. The highest BCUT2D eigenvalue weighted by Gasteiger charge is 2.45. The van der Waals surface area contributed by atoms with E-state index in [1.807, 2.05) is 19.1 Å². The largest absolute Gasteiger partial charge is 0.465 e. The zero-order chi connectivity index (χ0) is 31.8. The molecule has 0 radical (unpaired) electrons. The van der Waals surface area contributed by atoms with E-state index in [2.05, 4.69) is 0 Å². The molecule has 0 saturated carbocycles. The van der Waals surface area contributed by atoms with Crippen molar-refractivity contribution in [3.05, 3.63) is 70.2 Å². The van der Waals surface area contributed by atoms with E-state index in [1.165, 1.54) is 0 Å². The monoisotopic (exact) mass is 648 g/mol. The molecule has 0 bridgehead atoms. The van der Waals surface area contributed by atoms with Gasteiger partial charge in [-0.3, -0.25) is 18.7 Å². The smallest absolute Gasteiger partial charge is 0.349 e. The Labute approximate surface area is 254 Å². The first kappa shape index (κ1) is 38.0. The summed E-state index contributed by atoms with van der Waals surface area (Å²) in [5.74, 6) is -1.23. The first-order chi connectivity index (χ1) is 20.0. The number of rotatable bonds is 16. The second kappa shape index (κ2) is 19.3. The topological polar surface area (TPSA) is 124 Å². The molecule has 0 aliphatic rings. The second-order valence-electron chi connectivity index (χ2n) is 8.47. The van der Waals surface area contributed by atoms with Crippen molar-refractivity contribution in [1.29, 1.82) is 0 Å². The predicted molar refractivity (Wildman–Crippen MR) is 163 cm³/mol. The average Bonchev–Trinajstić information content (AvgIpc) is 2.91. The fourth-order valence-corrected chi connectivity index (χ4v) is 8.18. The summed E-state index contributed by atoms with van der Waals surface area (Å²) in [6, 6.07) is 13.8. The number of aryl methyl sites for hydroxylation is 1. The molecule has 42 heavy (non-hydrogen) atoms. The van der Waals surface area contributed by atoms with E-state index >= 15 is 0 Å². The van der Waals surface area contributed by atoms with E-state index in [1.54, 1.807) is 77.9 Å². The lowest BCUT2D eigenvalue weighted by molar-refractivity contribution is -0.144. The van der Waals surface area contributed by atoms with Gasteiger partial charge < -0.3 is 27.6 Å². The molecule has 2 atom stereocenters. The molecule has 0 aliphatic carbocycles. The maximum absolute atomic E-state index is 13.0. The molecule has 2 unspecified atom stereocenters. The summed E-state index contributed by atoms with van der Waals surface area (Å²) < 4.78 is 57.3. The van der Waals surface area contributed by atoms with Crippen molar-refractivity contribution in [3.8, 4) is 0 Å². The molecule has 0 heterocycles. The first-order valence-corrected chi connectivity index (χ1v) is 17.5. The number of hydrogen-bond acceptors (Lipinski definition) is 10. The third-order valence-electron chi connectivity index (χ3n) is 5.54. The van der Waals surface area contributed by atoms with E-state index in [0.717, 1.165) is 5.56 Å². The van der Waals surface area contributed by atoms with Gasteiger partial charge in [-0.2, -0.15) is 0 Å². The highest BCUT2D eigenvalue weighted by Crippen LogP contribution is 2.62. The first-order valence-electron chi connectivity index (χ1n) is 13.9. The van der Waals surface area contributed by atoms with Gasteiger partial charge in [-0.1, -0.05) is 48.0 Å². The molecular formula is C29H43ClO10P2. The van der Waals surface area contributed by atoms with Crippen LogP contribution in [0.3, 0.4) is 0 Å². The molecule has 10 nitrogen and oxygen atoms in total. The Hall–Kier alpha value is -2.03. The van der Waals surface area contributed by atoms with E-state index < -0.39 is 38.4 Å². The minimum atomic E-state index is -3.69. The number of esters is 2. The van der Waals surface area contributed by atoms with Crippen LogP contribution in [0.5, 0.6) is 0 Å². The van der Waals surface area contributed by atoms with Crippen LogP contribution in [0.25, 0.3) is 0 Å². The van der Waals surface area contributed by atoms with Crippen LogP contribution < -0.4 is 0 Å². The van der Waals surface area contributed by atoms with Crippen LogP contribution in [0.1, 0.15) is 69.6 Å². The van der Waals surface area contributed by atoms with Gasteiger partial charge in [-0.15, -0.1) is 0 Å². The molecule has 2 aromatic rings. The Bertz CT molecular complexity index is 1200. The Morgan fingerprint density at radius 3 is 1.55 bits per heavy atom. The second-order valence-corrected chi connectivity index (χ2v) is 13.1. The summed E-state index contributed by atoms with van der Waals surface area (Å²) in [7, 11) is -7.33. The van der Waals surface area contributed by atoms with E-state index in [0.29, 0.717) is 16.1 Å². The lowest BCUT2D eigenvalue weighted by Crippen LogP contribution is -2.20. The molecule has 2 rings (SSSR count). The van der Waals surface area contributed by atoms with Crippen molar-refractivity contribution in [2.75, 3.05) is 39.6 Å². The van der Waals surface area contributed by atoms with Crippen LogP contribution in [0.15, 0.2) is 48.5 Å². The standard InChI is InChI=1S/C15H23O5P.C14H20ClO5P/c1-5-18-15(16)14(13-11-9-8-10-12(13)4)21(17,19-6-2)20-7-3;1-4-18-14(16)13(11-8-7-9-12(15)10-11)21(17,19-5-2)20-6-3/h8-11,14H,5-7H2,1-4H3;7-10,13H,4-6H2,1-3H3. The molecule has 0 fully saturated rings. The number of halogens is 1. The van der Waals surface area contributed by atoms with Crippen LogP contribution in [0, 0.1) is 6.92 Å². The molecule has 0 amide bonds. The van der Waals surface area contributed by atoms with Gasteiger partial charge >= 0.3 is 27.1 Å². The van der Waals surface area contributed by atoms with Crippen LogP contribution >= 0.6 is 26.8 Å². The van der Waals surface area contributed by atoms with Crippen molar-refractivity contribution in [2.45, 2.75) is 59.8 Å². The average molecular weight is 649 g/mol. The zero-order valence-corrected chi connectivity index (χ0v) is 27.9. The molecule has 0 spiro atoms. The Balaban J connectivity index is 0.000000420. The number of ether oxygens (including phenoxy) is 2. The fraction of sp³-hybridized carbons (Fsp3) is 0.517. The van der Waals surface area contributed by atoms with E-state index in [4.69, 9.17) is 39.2 Å². The van der Waals surface area contributed by atoms with E-state index in [9.17, 15) is 18.7 Å². The molecule has 13 heteroatoms. The number of carbonyl (C=O) groups excluding carboxylic acids is 2. The van der Waals surface area contributed by atoms with Crippen LogP contribution in [-0.2, 0) is 46.3 Å². The van der Waals surface area contributed by atoms with Gasteiger partial charge in [0.2, 0.25) is 0 Å². The summed E-state index contributed by atoms with van der Waals surface area (Å²) >= 11 is 5.95. The lowest BCUT2D eigenvalue weighted by Gasteiger charge is -2.26. The Morgan fingerprint density at radius 2 is 1.12 bits per heavy atom. The highest BCUT2D eigenvalue weighted by atomic mass is 35.5. The van der Waals surface area contributed by atoms with Crippen LogP contribution in [-0.4, -0.2) is 51.6 Å². The molecule has 0 aromatic heterocycles. The normalized spacial score (nSPS) is 13.0. The fourth-order valence-electron chi connectivity index (χ4n) is 3.98. The van der Waals surface area contributed by atoms with Crippen molar-refractivity contribution in [2.24, 2.45) is 0 Å². The van der Waals surface area contributed by atoms with Gasteiger partial charge in [0.15, 0.2) is 11.3 Å². The number of carbonyl (C=O) groups is 2. The third-order valence-corrected chi connectivity index (χ3v) is 10.5. The summed E-state index contributed by atoms with van der Waals surface area (Å²) in [6.45, 7) is 13.1. The van der Waals surface area contributed by atoms with Crippen LogP contribution in [0.2, 0.25) is 5.02 Å². The molecule has 2 aromatic carbocycles. The predicted octanol–water partition coefficient (Wildman–Crippen LogP) is 8.08. The molecular weight excluding hydrogens is 606 g/mol. The van der Waals surface area contributed by atoms with Crippen LogP contribution in [0.4, 0.5) is 0 Å². The number of benzene rings is 2. The zero-order valence-electron chi connectivity index (χ0n) is 25.4. The molecule has 0 N–H and O–H groups in total. The third kappa shape index (κ3) is 10.9. The minimum Gasteiger partial charge on any atom is -0.465 e. The number of hydrogen-bond donors (Lipinski definition) is 0. The van der Waals surface area contributed by atoms with Gasteiger partial charge in [0.1, 0.15) is 0 Å². The van der Waals surface area contributed by atoms with Crippen molar-refractivity contribution in [1.82, 2.24) is 0 Å².